The van der Waals surface area contributed by atoms with E-state index in [-0.39, 0.29) is 0 Å². The molecule has 1 heteroatoms. The SMILES string of the molecule is CC(C)CN1CC2(CC(C(C)C)C2)C1. The molecule has 2 rings (SSSR count). The van der Waals surface area contributed by atoms with E-state index in [9.17, 15) is 0 Å². The van der Waals surface area contributed by atoms with Gasteiger partial charge in [0.15, 0.2) is 0 Å². The molecule has 2 aliphatic rings. The highest BCUT2D eigenvalue weighted by molar-refractivity contribution is 5.04. The number of hydrogen-bond acceptors (Lipinski definition) is 1. The van der Waals surface area contributed by atoms with E-state index in [2.05, 4.69) is 32.6 Å². The van der Waals surface area contributed by atoms with Crippen LogP contribution in [0.4, 0.5) is 0 Å². The summed E-state index contributed by atoms with van der Waals surface area (Å²) in [5.41, 5.74) is 0.782. The molecule has 0 bridgehead atoms. The molecule has 0 aromatic rings. The number of hydrogen-bond donors (Lipinski definition) is 0. The lowest BCUT2D eigenvalue weighted by molar-refractivity contribution is -0.109. The van der Waals surface area contributed by atoms with Gasteiger partial charge in [0.05, 0.1) is 0 Å². The maximum atomic E-state index is 2.64. The van der Waals surface area contributed by atoms with Crippen LogP contribution in [0.1, 0.15) is 40.5 Å². The first-order valence-electron chi connectivity index (χ1n) is 6.23. The van der Waals surface area contributed by atoms with E-state index in [0.29, 0.717) is 0 Å². The molecular formula is C13H25N. The van der Waals surface area contributed by atoms with Gasteiger partial charge in [-0.05, 0) is 36.0 Å². The van der Waals surface area contributed by atoms with E-state index in [4.69, 9.17) is 0 Å². The Morgan fingerprint density at radius 1 is 1.14 bits per heavy atom. The first-order valence-corrected chi connectivity index (χ1v) is 6.23. The Bertz CT molecular complexity index is 193. The predicted octanol–water partition coefficient (Wildman–Crippen LogP) is 3.01. The molecule has 0 aromatic carbocycles. The van der Waals surface area contributed by atoms with Gasteiger partial charge in [-0.3, -0.25) is 0 Å². The molecule has 1 nitrogen and oxygen atoms in total. The van der Waals surface area contributed by atoms with Gasteiger partial charge in [-0.2, -0.15) is 0 Å². The van der Waals surface area contributed by atoms with E-state index >= 15 is 0 Å². The molecule has 1 aliphatic heterocycles. The Hall–Kier alpha value is -0.0400. The first-order chi connectivity index (χ1) is 6.51. The second-order valence-corrected chi connectivity index (χ2v) is 6.48. The lowest BCUT2D eigenvalue weighted by atomic mass is 9.55. The first kappa shape index (κ1) is 10.5. The normalized spacial score (nSPS) is 27.0. The fourth-order valence-corrected chi connectivity index (χ4v) is 3.33. The average molecular weight is 195 g/mol. The Morgan fingerprint density at radius 2 is 1.71 bits per heavy atom. The summed E-state index contributed by atoms with van der Waals surface area (Å²) < 4.78 is 0. The van der Waals surface area contributed by atoms with Gasteiger partial charge in [0.1, 0.15) is 0 Å². The Morgan fingerprint density at radius 3 is 2.14 bits per heavy atom. The van der Waals surface area contributed by atoms with Crippen LogP contribution in [0.3, 0.4) is 0 Å². The van der Waals surface area contributed by atoms with Crippen molar-refractivity contribution in [3.05, 3.63) is 0 Å². The molecule has 1 spiro atoms. The molecule has 82 valence electrons. The third-order valence-corrected chi connectivity index (χ3v) is 4.07. The van der Waals surface area contributed by atoms with Crippen LogP contribution in [0.15, 0.2) is 0 Å². The molecule has 1 saturated carbocycles. The molecule has 1 heterocycles. The molecule has 0 N–H and O–H groups in total. The van der Waals surface area contributed by atoms with Gasteiger partial charge in [0.25, 0.3) is 0 Å². The van der Waals surface area contributed by atoms with Crippen LogP contribution in [0.5, 0.6) is 0 Å². The monoisotopic (exact) mass is 195 g/mol. The summed E-state index contributed by atoms with van der Waals surface area (Å²) >= 11 is 0. The van der Waals surface area contributed by atoms with Crippen LogP contribution in [-0.2, 0) is 0 Å². The van der Waals surface area contributed by atoms with Crippen LogP contribution in [0, 0.1) is 23.2 Å². The van der Waals surface area contributed by atoms with Crippen LogP contribution in [-0.4, -0.2) is 24.5 Å². The molecule has 0 atom stereocenters. The lowest BCUT2D eigenvalue weighted by Crippen LogP contribution is -2.63. The summed E-state index contributed by atoms with van der Waals surface area (Å²) in [6.07, 6.45) is 3.03. The highest BCUT2D eigenvalue weighted by Crippen LogP contribution is 2.54. The predicted molar refractivity (Wildman–Crippen MR) is 61.3 cm³/mol. The van der Waals surface area contributed by atoms with Gasteiger partial charge in [-0.1, -0.05) is 27.7 Å². The zero-order valence-electron chi connectivity index (χ0n) is 10.2. The van der Waals surface area contributed by atoms with E-state index in [1.165, 1.54) is 32.5 Å². The quantitative estimate of drug-likeness (QED) is 0.669. The Kier molecular flexibility index (Phi) is 2.63. The maximum Gasteiger partial charge on any atom is 0.00508 e. The maximum absolute atomic E-state index is 2.64. The topological polar surface area (TPSA) is 3.24 Å². The summed E-state index contributed by atoms with van der Waals surface area (Å²) in [6.45, 7) is 13.5. The summed E-state index contributed by atoms with van der Waals surface area (Å²) in [6, 6.07) is 0. The van der Waals surface area contributed by atoms with E-state index in [1.54, 1.807) is 0 Å². The fraction of sp³-hybridized carbons (Fsp3) is 1.00. The van der Waals surface area contributed by atoms with Crippen molar-refractivity contribution in [2.75, 3.05) is 19.6 Å². The van der Waals surface area contributed by atoms with Crippen molar-refractivity contribution in [1.82, 2.24) is 4.90 Å². The van der Waals surface area contributed by atoms with Gasteiger partial charge in [-0.15, -0.1) is 0 Å². The number of rotatable bonds is 3. The Balaban J connectivity index is 1.69. The van der Waals surface area contributed by atoms with Crippen LogP contribution in [0.25, 0.3) is 0 Å². The molecule has 1 aliphatic carbocycles. The minimum absolute atomic E-state index is 0.782. The van der Waals surface area contributed by atoms with E-state index < -0.39 is 0 Å². The van der Waals surface area contributed by atoms with Crippen molar-refractivity contribution >= 4 is 0 Å². The summed E-state index contributed by atoms with van der Waals surface area (Å²) in [5.74, 6) is 2.80. The average Bonchev–Trinajstić information content (AvgIpc) is 1.89. The largest absolute Gasteiger partial charge is 0.302 e. The lowest BCUT2D eigenvalue weighted by Gasteiger charge is -2.60. The summed E-state index contributed by atoms with van der Waals surface area (Å²) in [5, 5.41) is 0. The third kappa shape index (κ3) is 1.84. The molecule has 0 unspecified atom stereocenters. The highest BCUT2D eigenvalue weighted by atomic mass is 15.2. The fourth-order valence-electron chi connectivity index (χ4n) is 3.33. The van der Waals surface area contributed by atoms with Crippen LogP contribution < -0.4 is 0 Å². The smallest absolute Gasteiger partial charge is 0.00508 e. The molecule has 2 fully saturated rings. The van der Waals surface area contributed by atoms with Crippen molar-refractivity contribution in [2.45, 2.75) is 40.5 Å². The van der Waals surface area contributed by atoms with Crippen molar-refractivity contribution in [3.8, 4) is 0 Å². The van der Waals surface area contributed by atoms with E-state index in [1.807, 2.05) is 0 Å². The second kappa shape index (κ2) is 3.52. The molecule has 0 amide bonds. The zero-order chi connectivity index (χ0) is 10.3. The van der Waals surface area contributed by atoms with Crippen molar-refractivity contribution in [2.24, 2.45) is 23.2 Å². The second-order valence-electron chi connectivity index (χ2n) is 6.48. The zero-order valence-corrected chi connectivity index (χ0v) is 10.2. The molecule has 1 saturated heterocycles. The highest BCUT2D eigenvalue weighted by Gasteiger charge is 2.52. The van der Waals surface area contributed by atoms with Gasteiger partial charge >= 0.3 is 0 Å². The van der Waals surface area contributed by atoms with Gasteiger partial charge in [-0.25, -0.2) is 0 Å². The third-order valence-electron chi connectivity index (χ3n) is 4.07. The standard InChI is InChI=1S/C13H25N/c1-10(2)7-14-8-13(9-14)5-12(6-13)11(3)4/h10-12H,5-9H2,1-4H3. The minimum Gasteiger partial charge on any atom is -0.302 e. The van der Waals surface area contributed by atoms with Gasteiger partial charge in [0.2, 0.25) is 0 Å². The van der Waals surface area contributed by atoms with Crippen LogP contribution in [0.2, 0.25) is 0 Å². The molecule has 0 aromatic heterocycles. The minimum atomic E-state index is 0.782. The Labute approximate surface area is 88.9 Å². The van der Waals surface area contributed by atoms with Gasteiger partial charge < -0.3 is 4.90 Å². The molecular weight excluding hydrogens is 170 g/mol. The van der Waals surface area contributed by atoms with Crippen molar-refractivity contribution < 1.29 is 0 Å². The van der Waals surface area contributed by atoms with Crippen molar-refractivity contribution in [3.63, 3.8) is 0 Å². The van der Waals surface area contributed by atoms with Crippen molar-refractivity contribution in [1.29, 1.82) is 0 Å². The summed E-state index contributed by atoms with van der Waals surface area (Å²) in [4.78, 5) is 2.64. The summed E-state index contributed by atoms with van der Waals surface area (Å²) in [7, 11) is 0. The van der Waals surface area contributed by atoms with Crippen LogP contribution >= 0.6 is 0 Å². The molecule has 14 heavy (non-hydrogen) atoms. The van der Waals surface area contributed by atoms with E-state index in [0.717, 1.165) is 23.2 Å². The van der Waals surface area contributed by atoms with Gasteiger partial charge in [0, 0.05) is 19.6 Å². The number of likely N-dealkylation sites (tertiary alicyclic amines) is 1. The number of nitrogens with zero attached hydrogens (tertiary/aromatic N) is 1. The molecule has 0 radical (unpaired) electrons.